The number of nitrogens with zero attached hydrogens (tertiary/aromatic N) is 1. The van der Waals surface area contributed by atoms with Gasteiger partial charge >= 0.3 is 0 Å². The zero-order valence-corrected chi connectivity index (χ0v) is 10.8. The van der Waals surface area contributed by atoms with Crippen LogP contribution in [0.25, 0.3) is 0 Å². The summed E-state index contributed by atoms with van der Waals surface area (Å²) in [5, 5.41) is 12.8. The van der Waals surface area contributed by atoms with E-state index in [1.54, 1.807) is 0 Å². The second-order valence-electron chi connectivity index (χ2n) is 5.55. The fraction of sp³-hybridized carbons (Fsp3) is 0.786. The van der Waals surface area contributed by atoms with E-state index >= 15 is 0 Å². The summed E-state index contributed by atoms with van der Waals surface area (Å²) >= 11 is 0. The molecule has 1 aliphatic carbocycles. The Labute approximate surface area is 109 Å². The number of carbonyl (C=O) groups excluding carboxylic acids is 1. The molecule has 18 heavy (non-hydrogen) atoms. The Balaban J connectivity index is 1.69. The van der Waals surface area contributed by atoms with Crippen LogP contribution in [0, 0.1) is 18.3 Å². The third-order valence-corrected chi connectivity index (χ3v) is 4.15. The number of rotatable bonds is 4. The van der Waals surface area contributed by atoms with Crippen LogP contribution in [0.2, 0.25) is 0 Å². The van der Waals surface area contributed by atoms with Gasteiger partial charge in [-0.2, -0.15) is 0 Å². The van der Waals surface area contributed by atoms with Crippen molar-refractivity contribution in [1.82, 2.24) is 10.2 Å². The SMILES string of the molecule is C#CCN1CCC(C(=O)NCC2(O)CCC2)CC1. The van der Waals surface area contributed by atoms with Gasteiger partial charge in [0.25, 0.3) is 0 Å². The largest absolute Gasteiger partial charge is 0.388 e. The van der Waals surface area contributed by atoms with Crippen LogP contribution in [0.15, 0.2) is 0 Å². The predicted molar refractivity (Wildman–Crippen MR) is 69.8 cm³/mol. The molecule has 4 heteroatoms. The molecule has 2 rings (SSSR count). The smallest absolute Gasteiger partial charge is 0.223 e. The Morgan fingerprint density at radius 2 is 2.11 bits per heavy atom. The molecule has 0 unspecified atom stereocenters. The summed E-state index contributed by atoms with van der Waals surface area (Å²) in [6, 6.07) is 0. The number of carbonyl (C=O) groups is 1. The van der Waals surface area contributed by atoms with E-state index in [0.717, 1.165) is 45.2 Å². The summed E-state index contributed by atoms with van der Waals surface area (Å²) in [7, 11) is 0. The minimum Gasteiger partial charge on any atom is -0.388 e. The maximum absolute atomic E-state index is 12.0. The van der Waals surface area contributed by atoms with Crippen LogP contribution in [0.3, 0.4) is 0 Å². The zero-order valence-electron chi connectivity index (χ0n) is 10.8. The van der Waals surface area contributed by atoms with Crippen molar-refractivity contribution in [3.63, 3.8) is 0 Å². The first-order valence-electron chi connectivity index (χ1n) is 6.79. The summed E-state index contributed by atoms with van der Waals surface area (Å²) in [6.07, 6.45) is 9.70. The van der Waals surface area contributed by atoms with E-state index in [1.807, 2.05) is 0 Å². The van der Waals surface area contributed by atoms with Crippen molar-refractivity contribution in [3.8, 4) is 12.3 Å². The van der Waals surface area contributed by atoms with E-state index in [2.05, 4.69) is 16.1 Å². The highest BCUT2D eigenvalue weighted by Gasteiger charge is 2.35. The van der Waals surface area contributed by atoms with Crippen LogP contribution in [0.1, 0.15) is 32.1 Å². The van der Waals surface area contributed by atoms with Crippen molar-refractivity contribution in [2.45, 2.75) is 37.7 Å². The summed E-state index contributed by atoms with van der Waals surface area (Å²) in [6.45, 7) is 2.88. The van der Waals surface area contributed by atoms with Crippen molar-refractivity contribution in [1.29, 1.82) is 0 Å². The van der Waals surface area contributed by atoms with Gasteiger partial charge in [-0.3, -0.25) is 9.69 Å². The quantitative estimate of drug-likeness (QED) is 0.709. The molecule has 1 saturated carbocycles. The first-order chi connectivity index (χ1) is 8.63. The van der Waals surface area contributed by atoms with E-state index in [1.165, 1.54) is 0 Å². The maximum atomic E-state index is 12.0. The van der Waals surface area contributed by atoms with E-state index in [4.69, 9.17) is 6.42 Å². The normalized spacial score (nSPS) is 24.0. The van der Waals surface area contributed by atoms with Gasteiger partial charge in [-0.1, -0.05) is 5.92 Å². The fourth-order valence-electron chi connectivity index (χ4n) is 2.64. The Morgan fingerprint density at radius 1 is 1.44 bits per heavy atom. The van der Waals surface area contributed by atoms with E-state index in [-0.39, 0.29) is 11.8 Å². The number of terminal acetylenes is 1. The first-order valence-corrected chi connectivity index (χ1v) is 6.79. The number of piperidine rings is 1. The molecule has 2 fully saturated rings. The van der Waals surface area contributed by atoms with E-state index in [0.29, 0.717) is 13.1 Å². The summed E-state index contributed by atoms with van der Waals surface area (Å²) in [5.74, 6) is 2.81. The van der Waals surface area contributed by atoms with E-state index < -0.39 is 5.60 Å². The van der Waals surface area contributed by atoms with Gasteiger partial charge in [0.2, 0.25) is 5.91 Å². The predicted octanol–water partition coefficient (Wildman–Crippen LogP) is 0.363. The lowest BCUT2D eigenvalue weighted by molar-refractivity contribution is -0.128. The Kier molecular flexibility index (Phi) is 4.26. The van der Waals surface area contributed by atoms with Crippen LogP contribution in [-0.4, -0.2) is 47.7 Å². The molecule has 0 bridgehead atoms. The Morgan fingerprint density at radius 3 is 2.61 bits per heavy atom. The van der Waals surface area contributed by atoms with Crippen molar-refractivity contribution >= 4 is 5.91 Å². The van der Waals surface area contributed by atoms with Gasteiger partial charge in [-0.25, -0.2) is 0 Å². The lowest BCUT2D eigenvalue weighted by Crippen LogP contribution is -2.50. The number of amides is 1. The van der Waals surface area contributed by atoms with Gasteiger partial charge in [0.15, 0.2) is 0 Å². The van der Waals surface area contributed by atoms with Gasteiger partial charge in [0.05, 0.1) is 12.1 Å². The minimum absolute atomic E-state index is 0.0858. The molecule has 1 heterocycles. The molecule has 2 N–H and O–H groups in total. The van der Waals surface area contributed by atoms with Crippen LogP contribution in [0.5, 0.6) is 0 Å². The van der Waals surface area contributed by atoms with Gasteiger partial charge in [-0.05, 0) is 45.2 Å². The molecule has 0 atom stereocenters. The molecule has 0 aromatic carbocycles. The second kappa shape index (κ2) is 5.73. The number of likely N-dealkylation sites (tertiary alicyclic amines) is 1. The molecule has 100 valence electrons. The second-order valence-corrected chi connectivity index (χ2v) is 5.55. The lowest BCUT2D eigenvalue weighted by Gasteiger charge is -2.37. The number of hydrogen-bond donors (Lipinski definition) is 2. The molecule has 0 radical (unpaired) electrons. The zero-order chi connectivity index (χ0) is 13.0. The molecule has 1 aliphatic heterocycles. The van der Waals surface area contributed by atoms with Gasteiger partial charge < -0.3 is 10.4 Å². The average molecular weight is 250 g/mol. The highest BCUT2D eigenvalue weighted by atomic mass is 16.3. The number of nitrogens with one attached hydrogen (secondary N) is 1. The Hall–Kier alpha value is -1.05. The van der Waals surface area contributed by atoms with Gasteiger partial charge in [-0.15, -0.1) is 6.42 Å². The van der Waals surface area contributed by atoms with Crippen LogP contribution < -0.4 is 5.32 Å². The summed E-state index contributed by atoms with van der Waals surface area (Å²) < 4.78 is 0. The molecule has 0 aromatic rings. The van der Waals surface area contributed by atoms with Crippen LogP contribution >= 0.6 is 0 Å². The molecule has 1 amide bonds. The monoisotopic (exact) mass is 250 g/mol. The molecular formula is C14H22N2O2. The number of hydrogen-bond acceptors (Lipinski definition) is 3. The van der Waals surface area contributed by atoms with Crippen LogP contribution in [-0.2, 0) is 4.79 Å². The maximum Gasteiger partial charge on any atom is 0.223 e. The third-order valence-electron chi connectivity index (χ3n) is 4.15. The fourth-order valence-corrected chi connectivity index (χ4v) is 2.64. The average Bonchev–Trinajstić information content (AvgIpc) is 2.35. The number of aliphatic hydroxyl groups is 1. The highest BCUT2D eigenvalue weighted by Crippen LogP contribution is 2.30. The van der Waals surface area contributed by atoms with Crippen molar-refractivity contribution in [2.75, 3.05) is 26.2 Å². The van der Waals surface area contributed by atoms with Crippen molar-refractivity contribution < 1.29 is 9.90 Å². The first kappa shape index (κ1) is 13.4. The van der Waals surface area contributed by atoms with Gasteiger partial charge in [0, 0.05) is 12.5 Å². The summed E-state index contributed by atoms with van der Waals surface area (Å²) in [5.41, 5.74) is -0.625. The van der Waals surface area contributed by atoms with Crippen LogP contribution in [0.4, 0.5) is 0 Å². The molecule has 2 aliphatic rings. The lowest BCUT2D eigenvalue weighted by atomic mass is 9.80. The van der Waals surface area contributed by atoms with Crippen molar-refractivity contribution in [3.05, 3.63) is 0 Å². The standard InChI is InChI=1S/C14H22N2O2/c1-2-8-16-9-4-12(5-10-16)13(17)15-11-14(18)6-3-7-14/h1,12,18H,3-11H2,(H,15,17). The highest BCUT2D eigenvalue weighted by molar-refractivity contribution is 5.78. The molecule has 4 nitrogen and oxygen atoms in total. The molecular weight excluding hydrogens is 228 g/mol. The van der Waals surface area contributed by atoms with E-state index in [9.17, 15) is 9.90 Å². The molecule has 0 aromatic heterocycles. The van der Waals surface area contributed by atoms with Crippen molar-refractivity contribution in [2.24, 2.45) is 5.92 Å². The third kappa shape index (κ3) is 3.24. The summed E-state index contributed by atoms with van der Waals surface area (Å²) in [4.78, 5) is 14.2. The Bertz CT molecular complexity index is 336. The topological polar surface area (TPSA) is 52.6 Å². The molecule has 0 spiro atoms. The minimum atomic E-state index is -0.625. The van der Waals surface area contributed by atoms with Gasteiger partial charge in [0.1, 0.15) is 0 Å². The molecule has 1 saturated heterocycles.